The number of carboxylic acid groups (broad SMARTS) is 1. The van der Waals surface area contributed by atoms with E-state index in [1.165, 1.54) is 6.20 Å². The lowest BCUT2D eigenvalue weighted by molar-refractivity contribution is 0.0689. The van der Waals surface area contributed by atoms with Crippen molar-refractivity contribution in [3.63, 3.8) is 0 Å². The average molecular weight is 427 g/mol. The van der Waals surface area contributed by atoms with Crippen molar-refractivity contribution in [3.8, 4) is 17.1 Å². The zero-order valence-corrected chi connectivity index (χ0v) is 18.4. The van der Waals surface area contributed by atoms with Crippen LogP contribution < -0.4 is 4.74 Å². The first-order valence-electron chi connectivity index (χ1n) is 9.95. The van der Waals surface area contributed by atoms with E-state index in [2.05, 4.69) is 9.97 Å². The first-order valence-corrected chi connectivity index (χ1v) is 9.95. The van der Waals surface area contributed by atoms with Crippen molar-refractivity contribution in [2.24, 2.45) is 0 Å². The highest BCUT2D eigenvalue weighted by atomic mass is 16.5. The SMILES string of the molecule is CN(C)CCO.CN(C)CCOc1ncc(-c2cccc3ccccc23)c(C(=O)O)n1. The molecule has 166 valence electrons. The molecule has 3 rings (SSSR count). The molecule has 0 unspecified atom stereocenters. The monoisotopic (exact) mass is 426 g/mol. The first-order chi connectivity index (χ1) is 14.8. The molecule has 0 aliphatic carbocycles. The third-order valence-electron chi connectivity index (χ3n) is 4.37. The highest BCUT2D eigenvalue weighted by Crippen LogP contribution is 2.30. The molecule has 1 heterocycles. The van der Waals surface area contributed by atoms with Gasteiger partial charge in [-0.1, -0.05) is 42.5 Å². The van der Waals surface area contributed by atoms with E-state index < -0.39 is 5.97 Å². The zero-order valence-electron chi connectivity index (χ0n) is 18.4. The predicted octanol–water partition coefficient (Wildman–Crippen LogP) is 2.48. The quantitative estimate of drug-likeness (QED) is 0.567. The summed E-state index contributed by atoms with van der Waals surface area (Å²) in [4.78, 5) is 23.9. The number of hydrogen-bond donors (Lipinski definition) is 2. The maximum absolute atomic E-state index is 11.7. The lowest BCUT2D eigenvalue weighted by Crippen LogP contribution is -2.20. The highest BCUT2D eigenvalue weighted by molar-refractivity contribution is 6.02. The summed E-state index contributed by atoms with van der Waals surface area (Å²) >= 11 is 0. The van der Waals surface area contributed by atoms with Gasteiger partial charge in [-0.05, 0) is 44.5 Å². The Morgan fingerprint density at radius 2 is 1.65 bits per heavy atom. The number of fused-ring (bicyclic) bond motifs is 1. The number of nitrogens with zero attached hydrogens (tertiary/aromatic N) is 4. The van der Waals surface area contributed by atoms with E-state index >= 15 is 0 Å². The van der Waals surface area contributed by atoms with Crippen LogP contribution in [0, 0.1) is 0 Å². The number of aliphatic hydroxyl groups is 1. The number of carbonyl (C=O) groups is 1. The second-order valence-corrected chi connectivity index (χ2v) is 7.43. The van der Waals surface area contributed by atoms with Crippen LogP contribution in [0.2, 0.25) is 0 Å². The number of aromatic carboxylic acids is 1. The largest absolute Gasteiger partial charge is 0.476 e. The van der Waals surface area contributed by atoms with E-state index in [0.29, 0.717) is 18.7 Å². The fraction of sp³-hybridized carbons (Fsp3) is 0.348. The maximum Gasteiger partial charge on any atom is 0.355 e. The number of rotatable bonds is 8. The Morgan fingerprint density at radius 3 is 2.26 bits per heavy atom. The van der Waals surface area contributed by atoms with Crippen LogP contribution in [0.1, 0.15) is 10.5 Å². The standard InChI is InChI=1S/C19H19N3O3.C4H11NO/c1-22(2)10-11-25-19-20-12-16(17(21-19)18(23)24)15-9-5-7-13-6-3-4-8-14(13)15;1-5(2)3-4-6/h3-9,12H,10-11H2,1-2H3,(H,23,24);6H,3-4H2,1-2H3. The Hall–Kier alpha value is -3.07. The third kappa shape index (κ3) is 7.29. The van der Waals surface area contributed by atoms with Crippen molar-refractivity contribution in [1.29, 1.82) is 0 Å². The normalized spacial score (nSPS) is 10.8. The summed E-state index contributed by atoms with van der Waals surface area (Å²) in [5.41, 5.74) is 1.20. The number of aromatic nitrogens is 2. The van der Waals surface area contributed by atoms with E-state index in [1.54, 1.807) is 0 Å². The van der Waals surface area contributed by atoms with E-state index in [9.17, 15) is 9.90 Å². The molecular weight excluding hydrogens is 396 g/mol. The number of hydrogen-bond acceptors (Lipinski definition) is 7. The van der Waals surface area contributed by atoms with Gasteiger partial charge in [0.05, 0.1) is 6.61 Å². The van der Waals surface area contributed by atoms with Crippen LogP contribution >= 0.6 is 0 Å². The molecule has 0 saturated heterocycles. The molecule has 2 aromatic carbocycles. The third-order valence-corrected chi connectivity index (χ3v) is 4.37. The minimum atomic E-state index is -1.11. The fourth-order valence-corrected chi connectivity index (χ4v) is 2.78. The molecule has 0 bridgehead atoms. The molecule has 0 atom stereocenters. The average Bonchev–Trinajstić information content (AvgIpc) is 2.73. The van der Waals surface area contributed by atoms with Crippen molar-refractivity contribution < 1.29 is 19.7 Å². The molecule has 0 saturated carbocycles. The lowest BCUT2D eigenvalue weighted by Gasteiger charge is -2.12. The van der Waals surface area contributed by atoms with Gasteiger partial charge in [0.15, 0.2) is 5.69 Å². The summed E-state index contributed by atoms with van der Waals surface area (Å²) in [6.45, 7) is 2.10. The highest BCUT2D eigenvalue weighted by Gasteiger charge is 2.18. The van der Waals surface area contributed by atoms with Crippen LogP contribution in [-0.2, 0) is 0 Å². The first kappa shape index (κ1) is 24.2. The van der Waals surface area contributed by atoms with Gasteiger partial charge in [-0.2, -0.15) is 4.98 Å². The molecule has 8 heteroatoms. The molecule has 0 radical (unpaired) electrons. The van der Waals surface area contributed by atoms with Gasteiger partial charge in [0, 0.05) is 24.8 Å². The molecule has 0 fully saturated rings. The van der Waals surface area contributed by atoms with Gasteiger partial charge >= 0.3 is 12.0 Å². The maximum atomic E-state index is 11.7. The molecule has 1 aromatic heterocycles. The number of carboxylic acids is 1. The molecule has 0 aliphatic heterocycles. The van der Waals surface area contributed by atoms with Gasteiger partial charge in [0.2, 0.25) is 0 Å². The van der Waals surface area contributed by atoms with Crippen molar-refractivity contribution in [1.82, 2.24) is 19.8 Å². The lowest BCUT2D eigenvalue weighted by atomic mass is 9.98. The van der Waals surface area contributed by atoms with Gasteiger partial charge in [-0.3, -0.25) is 0 Å². The molecule has 0 amide bonds. The molecule has 31 heavy (non-hydrogen) atoms. The number of ether oxygens (including phenoxy) is 1. The smallest absolute Gasteiger partial charge is 0.355 e. The summed E-state index contributed by atoms with van der Waals surface area (Å²) in [5, 5.41) is 19.8. The summed E-state index contributed by atoms with van der Waals surface area (Å²) in [6, 6.07) is 13.6. The van der Waals surface area contributed by atoms with Crippen molar-refractivity contribution in [2.75, 3.05) is 54.5 Å². The van der Waals surface area contributed by atoms with Crippen LogP contribution in [0.5, 0.6) is 6.01 Å². The van der Waals surface area contributed by atoms with E-state index in [4.69, 9.17) is 9.84 Å². The van der Waals surface area contributed by atoms with Crippen LogP contribution in [-0.4, -0.2) is 90.4 Å². The molecule has 3 aromatic rings. The van der Waals surface area contributed by atoms with Crippen LogP contribution in [0.25, 0.3) is 21.9 Å². The predicted molar refractivity (Wildman–Crippen MR) is 122 cm³/mol. The zero-order chi connectivity index (χ0) is 22.8. The Morgan fingerprint density at radius 1 is 0.968 bits per heavy atom. The number of benzene rings is 2. The molecular formula is C23H30N4O4. The molecule has 0 aliphatic rings. The van der Waals surface area contributed by atoms with Crippen LogP contribution in [0.4, 0.5) is 0 Å². The Bertz CT molecular complexity index is 987. The molecule has 2 N–H and O–H groups in total. The Balaban J connectivity index is 0.000000501. The Kier molecular flexibility index (Phi) is 9.33. The second kappa shape index (κ2) is 11.9. The number of likely N-dealkylation sites (N-methyl/N-ethyl adjacent to an activating group) is 2. The van der Waals surface area contributed by atoms with Gasteiger partial charge in [-0.15, -0.1) is 0 Å². The minimum Gasteiger partial charge on any atom is -0.476 e. The van der Waals surface area contributed by atoms with E-state index in [1.807, 2.05) is 80.5 Å². The summed E-state index contributed by atoms with van der Waals surface area (Å²) in [7, 11) is 7.71. The topological polar surface area (TPSA) is 99.0 Å². The summed E-state index contributed by atoms with van der Waals surface area (Å²) < 4.78 is 5.46. The molecule has 8 nitrogen and oxygen atoms in total. The second-order valence-electron chi connectivity index (χ2n) is 7.43. The van der Waals surface area contributed by atoms with Gasteiger partial charge in [-0.25, -0.2) is 9.78 Å². The van der Waals surface area contributed by atoms with Crippen molar-refractivity contribution >= 4 is 16.7 Å². The van der Waals surface area contributed by atoms with Crippen molar-refractivity contribution in [3.05, 3.63) is 54.4 Å². The van der Waals surface area contributed by atoms with Gasteiger partial charge in [0.25, 0.3) is 0 Å². The van der Waals surface area contributed by atoms with E-state index in [0.717, 1.165) is 22.9 Å². The van der Waals surface area contributed by atoms with E-state index in [-0.39, 0.29) is 18.3 Å². The van der Waals surface area contributed by atoms with Gasteiger partial charge < -0.3 is 24.7 Å². The summed E-state index contributed by atoms with van der Waals surface area (Å²) in [5.74, 6) is -1.11. The van der Waals surface area contributed by atoms with Crippen LogP contribution in [0.15, 0.2) is 48.7 Å². The van der Waals surface area contributed by atoms with Gasteiger partial charge in [0.1, 0.15) is 6.61 Å². The van der Waals surface area contributed by atoms with Crippen LogP contribution in [0.3, 0.4) is 0 Å². The summed E-state index contributed by atoms with van der Waals surface area (Å²) in [6.07, 6.45) is 1.52. The number of aliphatic hydroxyl groups excluding tert-OH is 1. The molecule has 0 spiro atoms. The Labute approximate surface area is 182 Å². The minimum absolute atomic E-state index is 0.0637. The fourth-order valence-electron chi connectivity index (χ4n) is 2.78. The van der Waals surface area contributed by atoms with Crippen molar-refractivity contribution in [2.45, 2.75) is 0 Å².